The highest BCUT2D eigenvalue weighted by molar-refractivity contribution is 6.59. The predicted molar refractivity (Wildman–Crippen MR) is 82.8 cm³/mol. The number of hydrogen-bond donors (Lipinski definition) is 2. The van der Waals surface area contributed by atoms with E-state index in [4.69, 9.17) is 24.7 Å². The van der Waals surface area contributed by atoms with E-state index in [0.717, 1.165) is 6.42 Å². The largest absolute Gasteiger partial charge is 0.497 e. The molecule has 0 amide bonds. The van der Waals surface area contributed by atoms with E-state index in [1.165, 1.54) is 19.3 Å². The minimum absolute atomic E-state index is 0.0958. The molecule has 0 aromatic heterocycles. The summed E-state index contributed by atoms with van der Waals surface area (Å²) in [6, 6.07) is 0. The highest BCUT2D eigenvalue weighted by atomic mass is 28.4. The molecule has 0 aromatic rings. The van der Waals surface area contributed by atoms with Gasteiger partial charge in [0.25, 0.3) is 0 Å². The zero-order valence-electron chi connectivity index (χ0n) is 13.4. The van der Waals surface area contributed by atoms with Gasteiger partial charge in [-0.3, -0.25) is 0 Å². The lowest BCUT2D eigenvalue weighted by molar-refractivity contribution is 0.0783. The summed E-state index contributed by atoms with van der Waals surface area (Å²) in [5, 5.41) is 0. The summed E-state index contributed by atoms with van der Waals surface area (Å²) >= 11 is 0. The molecule has 0 aliphatic carbocycles. The molecule has 118 valence electrons. The molecule has 0 saturated heterocycles. The second-order valence-electron chi connectivity index (χ2n) is 4.32. The van der Waals surface area contributed by atoms with Crippen molar-refractivity contribution in [2.24, 2.45) is 11.5 Å². The Morgan fingerprint density at radius 3 is 1.53 bits per heavy atom. The van der Waals surface area contributed by atoms with Crippen LogP contribution >= 0.6 is 0 Å². The molecular formula is C13H34N2O3Si. The second-order valence-corrected chi connectivity index (χ2v) is 6.91. The maximum absolute atomic E-state index is 5.40. The van der Waals surface area contributed by atoms with Crippen molar-refractivity contribution in [3.63, 3.8) is 0 Å². The van der Waals surface area contributed by atoms with Crippen molar-refractivity contribution in [2.45, 2.75) is 66.1 Å². The van der Waals surface area contributed by atoms with Gasteiger partial charge in [0.2, 0.25) is 0 Å². The van der Waals surface area contributed by atoms with Crippen LogP contribution < -0.4 is 11.5 Å². The Morgan fingerprint density at radius 2 is 1.26 bits per heavy atom. The topological polar surface area (TPSA) is 79.7 Å². The molecule has 19 heavy (non-hydrogen) atoms. The van der Waals surface area contributed by atoms with Crippen LogP contribution in [0.3, 0.4) is 0 Å². The van der Waals surface area contributed by atoms with E-state index >= 15 is 0 Å². The van der Waals surface area contributed by atoms with Gasteiger partial charge in [0.1, 0.15) is 0 Å². The highest BCUT2D eigenvalue weighted by Gasteiger charge is 2.32. The first-order valence-corrected chi connectivity index (χ1v) is 9.61. The minimum atomic E-state index is -2.25. The molecule has 0 spiro atoms. The van der Waals surface area contributed by atoms with Crippen molar-refractivity contribution >= 4 is 8.80 Å². The monoisotopic (exact) mass is 294 g/mol. The average Bonchev–Trinajstić information content (AvgIpc) is 2.30. The van der Waals surface area contributed by atoms with Gasteiger partial charge in [-0.05, 0) is 27.2 Å². The molecule has 0 fully saturated rings. The highest BCUT2D eigenvalue weighted by Crippen LogP contribution is 2.08. The Labute approximate surface area is 120 Å². The van der Waals surface area contributed by atoms with Gasteiger partial charge in [-0.25, -0.2) is 0 Å². The first kappa shape index (κ1) is 21.3. The van der Waals surface area contributed by atoms with E-state index in [2.05, 4.69) is 6.92 Å². The van der Waals surface area contributed by atoms with Crippen LogP contribution in [0.1, 0.15) is 53.4 Å². The van der Waals surface area contributed by atoms with Gasteiger partial charge in [-0.1, -0.05) is 26.2 Å². The zero-order chi connectivity index (χ0) is 15.1. The third-order valence-electron chi connectivity index (χ3n) is 2.36. The zero-order valence-corrected chi connectivity index (χ0v) is 14.4. The fourth-order valence-corrected chi connectivity index (χ4v) is 3.36. The number of nitrogens with two attached hydrogens (primary N) is 2. The quantitative estimate of drug-likeness (QED) is 0.367. The Balaban J connectivity index is 0. The molecule has 4 N–H and O–H groups in total. The summed E-state index contributed by atoms with van der Waals surface area (Å²) < 4.78 is 16.2. The van der Waals surface area contributed by atoms with E-state index in [1.54, 1.807) is 0 Å². The molecule has 0 bridgehead atoms. The van der Waals surface area contributed by atoms with E-state index in [0.29, 0.717) is 19.8 Å². The van der Waals surface area contributed by atoms with Crippen LogP contribution in [0.25, 0.3) is 0 Å². The lowest BCUT2D eigenvalue weighted by atomic mass is 10.2. The van der Waals surface area contributed by atoms with Crippen LogP contribution in [0.4, 0.5) is 0 Å². The minimum Gasteiger partial charge on any atom is -0.374 e. The van der Waals surface area contributed by atoms with Crippen LogP contribution in [0, 0.1) is 0 Å². The molecule has 0 aliphatic rings. The molecule has 0 unspecified atom stereocenters. The molecule has 0 heterocycles. The maximum Gasteiger partial charge on any atom is 0.497 e. The van der Waals surface area contributed by atoms with Gasteiger partial charge >= 0.3 is 8.80 Å². The van der Waals surface area contributed by atoms with Crippen molar-refractivity contribution in [1.29, 1.82) is 0 Å². The molecule has 6 heteroatoms. The Hall–Kier alpha value is 0.0169. The first-order valence-electron chi connectivity index (χ1n) is 7.38. The normalized spacial score (nSPS) is 11.4. The van der Waals surface area contributed by atoms with Gasteiger partial charge in [0.15, 0.2) is 0 Å². The van der Waals surface area contributed by atoms with Crippen LogP contribution in [-0.4, -0.2) is 34.8 Å². The third-order valence-corrected chi connectivity index (χ3v) is 4.80. The summed E-state index contributed by atoms with van der Waals surface area (Å²) in [6.45, 7) is 11.9. The average molecular weight is 295 g/mol. The number of rotatable bonds is 10. The van der Waals surface area contributed by atoms with Crippen LogP contribution in [0.5, 0.6) is 0 Å². The van der Waals surface area contributed by atoms with Crippen LogP contribution in [0.2, 0.25) is 6.55 Å². The van der Waals surface area contributed by atoms with Crippen molar-refractivity contribution < 1.29 is 13.3 Å². The standard InChI is InChI=1S/C7H18O3Si.C6H16N2/c1-5-8-11(4,9-6-2)10-7-3;1-2-3-4-5-6(7)8/h5-7H2,1-4H3;6H,2-5,7-8H2,1H3. The van der Waals surface area contributed by atoms with E-state index in [-0.39, 0.29) is 6.17 Å². The summed E-state index contributed by atoms with van der Waals surface area (Å²) in [6.07, 6.45) is 4.54. The fourth-order valence-electron chi connectivity index (χ4n) is 1.54. The summed E-state index contributed by atoms with van der Waals surface area (Å²) in [4.78, 5) is 0. The molecular weight excluding hydrogens is 260 g/mol. The molecule has 0 saturated carbocycles. The van der Waals surface area contributed by atoms with E-state index in [9.17, 15) is 0 Å². The fraction of sp³-hybridized carbons (Fsp3) is 1.00. The van der Waals surface area contributed by atoms with Crippen molar-refractivity contribution in [2.75, 3.05) is 19.8 Å². The molecule has 0 aliphatic heterocycles. The van der Waals surface area contributed by atoms with Crippen molar-refractivity contribution in [1.82, 2.24) is 0 Å². The van der Waals surface area contributed by atoms with E-state index in [1.807, 2.05) is 27.3 Å². The van der Waals surface area contributed by atoms with Crippen LogP contribution in [0.15, 0.2) is 0 Å². The SMILES string of the molecule is CCCCCC(N)N.CCO[Si](C)(OCC)OCC. The van der Waals surface area contributed by atoms with Gasteiger partial charge < -0.3 is 24.7 Å². The predicted octanol–water partition coefficient (Wildman–Crippen LogP) is 2.47. The molecule has 0 rings (SSSR count). The van der Waals surface area contributed by atoms with Crippen molar-refractivity contribution in [3.8, 4) is 0 Å². The number of unbranched alkanes of at least 4 members (excludes halogenated alkanes) is 2. The van der Waals surface area contributed by atoms with E-state index < -0.39 is 8.80 Å². The lowest BCUT2D eigenvalue weighted by Crippen LogP contribution is -2.42. The molecule has 0 atom stereocenters. The molecule has 0 radical (unpaired) electrons. The third kappa shape index (κ3) is 16.0. The van der Waals surface area contributed by atoms with Crippen LogP contribution in [-0.2, 0) is 13.3 Å². The molecule has 0 aromatic carbocycles. The van der Waals surface area contributed by atoms with Gasteiger partial charge in [0, 0.05) is 26.4 Å². The maximum atomic E-state index is 5.40. The summed E-state index contributed by atoms with van der Waals surface area (Å²) in [5.74, 6) is 0. The van der Waals surface area contributed by atoms with Gasteiger partial charge in [0.05, 0.1) is 6.17 Å². The number of hydrogen-bond acceptors (Lipinski definition) is 5. The second kappa shape index (κ2) is 14.4. The smallest absolute Gasteiger partial charge is 0.374 e. The first-order chi connectivity index (χ1) is 8.95. The van der Waals surface area contributed by atoms with Gasteiger partial charge in [-0.15, -0.1) is 0 Å². The summed E-state index contributed by atoms with van der Waals surface area (Å²) in [5.41, 5.74) is 10.6. The molecule has 5 nitrogen and oxygen atoms in total. The van der Waals surface area contributed by atoms with Gasteiger partial charge in [-0.2, -0.15) is 0 Å². The Bertz CT molecular complexity index is 166. The lowest BCUT2D eigenvalue weighted by Gasteiger charge is -2.23. The Morgan fingerprint density at radius 1 is 0.842 bits per heavy atom. The van der Waals surface area contributed by atoms with Crippen molar-refractivity contribution in [3.05, 3.63) is 0 Å². The summed E-state index contributed by atoms with van der Waals surface area (Å²) in [7, 11) is -2.25. The Kier molecular flexibility index (Phi) is 16.2.